The summed E-state index contributed by atoms with van der Waals surface area (Å²) in [7, 11) is 39.9. The fraction of sp³-hybridized carbons (Fsp3) is 1.00. The summed E-state index contributed by atoms with van der Waals surface area (Å²) in [5, 5.41) is 0. The molecule has 0 heterocycles. The summed E-state index contributed by atoms with van der Waals surface area (Å²) in [4.78, 5) is 17.8. The molecule has 272 valence electrons. The van der Waals surface area contributed by atoms with E-state index in [1.165, 1.54) is 0 Å². The maximum atomic E-state index is 4.45. The summed E-state index contributed by atoms with van der Waals surface area (Å²) in [5.41, 5.74) is 0. The number of hydrogen-bond acceptors (Lipinski definition) is 16. The van der Waals surface area contributed by atoms with Gasteiger partial charge >= 0.3 is 39.3 Å². The van der Waals surface area contributed by atoms with Crippen molar-refractivity contribution in [3.8, 4) is 0 Å². The summed E-state index contributed by atoms with van der Waals surface area (Å²) >= 11 is 0. The zero-order valence-corrected chi connectivity index (χ0v) is 38.1. The van der Waals surface area contributed by atoms with Crippen molar-refractivity contribution in [2.75, 3.05) is 169 Å². The Labute approximate surface area is 283 Å². The Morgan fingerprint density at radius 3 is 0.356 bits per heavy atom. The van der Waals surface area contributed by atoms with Gasteiger partial charge in [0.05, 0.1) is 0 Å². The molecule has 0 saturated heterocycles. The fourth-order valence-corrected chi connectivity index (χ4v) is 33.4. The van der Waals surface area contributed by atoms with Gasteiger partial charge in [0.1, 0.15) is 0 Å². The highest BCUT2D eigenvalue weighted by molar-refractivity contribution is 7.97. The van der Waals surface area contributed by atoms with Gasteiger partial charge in [-0.2, -0.15) is 0 Å². The molecule has 21 heteroatoms. The van der Waals surface area contributed by atoms with Gasteiger partial charge in [0.2, 0.25) is 0 Å². The van der Waals surface area contributed by atoms with Crippen LogP contribution in [0, 0.1) is 0 Å². The third kappa shape index (κ3) is 9.06. The average molecular weight is 744 g/mol. The van der Waals surface area contributed by atoms with Crippen molar-refractivity contribution in [3.63, 3.8) is 0 Å². The Balaban J connectivity index is 8.82. The molecule has 0 aromatic heterocycles. The van der Waals surface area contributed by atoms with Crippen LogP contribution < -0.4 is 19.4 Å². The molecule has 0 rings (SSSR count). The number of nitrogens with zero attached hydrogens (tertiary/aromatic N) is 12. The van der Waals surface area contributed by atoms with Gasteiger partial charge in [-0.25, -0.2) is 0 Å². The van der Waals surface area contributed by atoms with Crippen molar-refractivity contribution < 1.29 is 0 Å². The molecule has 0 bridgehead atoms. The van der Waals surface area contributed by atoms with Crippen molar-refractivity contribution in [1.29, 1.82) is 0 Å². The largest absolute Gasteiger partial charge is 0.450 e. The second-order valence-electron chi connectivity index (χ2n) is 13.5. The van der Waals surface area contributed by atoms with E-state index in [9.17, 15) is 0 Å². The number of hydrogen-bond donors (Lipinski definition) is 4. The van der Waals surface area contributed by atoms with Crippen molar-refractivity contribution in [1.82, 2.24) is 75.5 Å². The minimum Gasteiger partial charge on any atom is -0.137 e. The van der Waals surface area contributed by atoms with Crippen molar-refractivity contribution in [2.45, 2.75) is 0 Å². The molecule has 0 fully saturated rings. The highest BCUT2D eigenvalue weighted by Gasteiger charge is 2.78. The van der Waals surface area contributed by atoms with Crippen molar-refractivity contribution >= 4 is 39.3 Å². The molecule has 4 N–H and O–H groups in total. The van der Waals surface area contributed by atoms with Crippen LogP contribution in [-0.2, 0) is 0 Å². The first kappa shape index (κ1) is 46.5. The van der Waals surface area contributed by atoms with Gasteiger partial charge in [0, 0.05) is 189 Å². The first-order valence-electron chi connectivity index (χ1n) is 14.9. The van der Waals surface area contributed by atoms with Crippen LogP contribution in [0.15, 0.2) is 0 Å². The van der Waals surface area contributed by atoms with Crippen LogP contribution in [0.1, 0.15) is 0 Å². The molecule has 0 aliphatic heterocycles. The van der Waals surface area contributed by atoms with Crippen LogP contribution in [0.25, 0.3) is 0 Å². The van der Waals surface area contributed by atoms with Crippen LogP contribution in [0.4, 0.5) is 0 Å². The molecule has 0 amide bonds. The van der Waals surface area contributed by atoms with Gasteiger partial charge in [-0.15, -0.1) is 56.0 Å². The predicted octanol–water partition coefficient (Wildman–Crippen LogP) is 2.47. The molecule has 0 radical (unpaired) electrons. The van der Waals surface area contributed by atoms with E-state index in [0.717, 1.165) is 0 Å². The SMILES string of the molecule is CN(C)[P+](N[P+](N[P+](N(C)C)(N(C)C)N(C)C)(N[P+](N(C)C)(N(C)C)N(C)C)N[P+](N(C)C)(N(C)C)N(C)C)(N(C)C)N(C)C. The van der Waals surface area contributed by atoms with E-state index in [1.54, 1.807) is 0 Å². The van der Waals surface area contributed by atoms with E-state index >= 15 is 0 Å². The predicted molar refractivity (Wildman–Crippen MR) is 211 cm³/mol. The molecular weight excluding hydrogens is 667 g/mol. The van der Waals surface area contributed by atoms with Crippen LogP contribution in [-0.4, -0.2) is 225 Å². The second kappa shape index (κ2) is 17.6. The lowest BCUT2D eigenvalue weighted by Gasteiger charge is -2.47. The molecule has 0 aliphatic rings. The Kier molecular flexibility index (Phi) is 18.2. The second-order valence-corrected chi connectivity index (χ2v) is 32.2. The van der Waals surface area contributed by atoms with E-state index in [2.05, 4.69) is 245 Å². The summed E-state index contributed by atoms with van der Waals surface area (Å²) in [5.74, 6) is 0. The van der Waals surface area contributed by atoms with Crippen LogP contribution in [0.3, 0.4) is 0 Å². The monoisotopic (exact) mass is 744 g/mol. The van der Waals surface area contributed by atoms with Gasteiger partial charge in [-0.3, -0.25) is 0 Å². The maximum absolute atomic E-state index is 4.45. The Bertz CT molecular complexity index is 657. The van der Waals surface area contributed by atoms with Gasteiger partial charge in [0.25, 0.3) is 0 Å². The quantitative estimate of drug-likeness (QED) is 0.138. The minimum absolute atomic E-state index is 2.18. The lowest BCUT2D eigenvalue weighted by Crippen LogP contribution is -2.59. The lowest BCUT2D eigenvalue weighted by atomic mass is 11.2. The Morgan fingerprint density at radius 1 is 0.200 bits per heavy atom. The fourth-order valence-electron chi connectivity index (χ4n) is 6.31. The topological polar surface area (TPSA) is 87.0 Å². The van der Waals surface area contributed by atoms with Crippen molar-refractivity contribution in [3.05, 3.63) is 0 Å². The molecule has 0 saturated carbocycles. The summed E-state index contributed by atoms with van der Waals surface area (Å²) in [6, 6.07) is 0. The average Bonchev–Trinajstić information content (AvgIpc) is 2.84. The molecule has 16 nitrogen and oxygen atoms in total. The molecular formula is C24H76N16P5+5. The van der Waals surface area contributed by atoms with Crippen LogP contribution >= 0.6 is 39.3 Å². The summed E-state index contributed by atoms with van der Waals surface area (Å²) < 4.78 is 28.3. The van der Waals surface area contributed by atoms with Gasteiger partial charge in [-0.05, 0) is 0 Å². The number of nitrogens with one attached hydrogen (secondary N) is 4. The first-order chi connectivity index (χ1) is 20.1. The third-order valence-corrected chi connectivity index (χ3v) is 30.3. The van der Waals surface area contributed by atoms with E-state index < -0.39 is 39.3 Å². The molecule has 0 atom stereocenters. The Morgan fingerprint density at radius 2 is 0.289 bits per heavy atom. The van der Waals surface area contributed by atoms with Crippen LogP contribution in [0.2, 0.25) is 0 Å². The smallest absolute Gasteiger partial charge is 0.137 e. The van der Waals surface area contributed by atoms with E-state index in [4.69, 9.17) is 0 Å². The summed E-state index contributed by atoms with van der Waals surface area (Å²) in [6.07, 6.45) is 0. The zero-order valence-electron chi connectivity index (χ0n) is 33.6. The minimum atomic E-state index is -2.93. The first-order valence-corrected chi connectivity index (χ1v) is 23.3. The molecule has 0 aromatic carbocycles. The number of rotatable bonds is 20. The van der Waals surface area contributed by atoms with Crippen LogP contribution in [0.5, 0.6) is 0 Å². The molecule has 0 aliphatic carbocycles. The van der Waals surface area contributed by atoms with Crippen molar-refractivity contribution in [2.24, 2.45) is 0 Å². The van der Waals surface area contributed by atoms with Gasteiger partial charge in [0.15, 0.2) is 0 Å². The third-order valence-electron chi connectivity index (χ3n) is 7.83. The zero-order chi connectivity index (χ0) is 36.3. The van der Waals surface area contributed by atoms with E-state index in [-0.39, 0.29) is 0 Å². The standard InChI is InChI=1S/C24H76N16P5/c1-29(2)42(30(3)4,31(5)6)25-41(26-43(32(7)8,33(9)10)34(11)12,27-44(35(13)14,36(15)16)37(17)18)28-45(38(19)20,39(21)22)40(23)24/h25-28H,1-24H3/q+5. The highest BCUT2D eigenvalue weighted by Crippen LogP contribution is 2.81. The highest BCUT2D eigenvalue weighted by atomic mass is 31.3. The maximum Gasteiger partial charge on any atom is 0.450 e. The summed E-state index contributed by atoms with van der Waals surface area (Å²) in [6.45, 7) is 0. The van der Waals surface area contributed by atoms with E-state index in [1.807, 2.05) is 0 Å². The molecule has 0 aromatic rings. The lowest BCUT2D eigenvalue weighted by molar-refractivity contribution is 0.439. The molecule has 0 unspecified atom stereocenters. The normalized spacial score (nSPS) is 15.2. The van der Waals surface area contributed by atoms with Gasteiger partial charge in [-0.1, -0.05) is 0 Å². The van der Waals surface area contributed by atoms with E-state index in [0.29, 0.717) is 0 Å². The van der Waals surface area contributed by atoms with Gasteiger partial charge < -0.3 is 0 Å². The molecule has 0 spiro atoms. The Hall–Kier alpha value is 1.51. The molecule has 45 heavy (non-hydrogen) atoms.